The first-order chi connectivity index (χ1) is 11.3. The molecule has 2 aliphatic rings. The highest BCUT2D eigenvalue weighted by molar-refractivity contribution is 5.81. The molecule has 1 aromatic rings. The van der Waals surface area contributed by atoms with Gasteiger partial charge in [-0.25, -0.2) is 0 Å². The lowest BCUT2D eigenvalue weighted by Crippen LogP contribution is -2.39. The quantitative estimate of drug-likeness (QED) is 0.742. The number of unbranched alkanes of at least 4 members (excludes halogenated alkanes) is 1. The second-order valence-corrected chi connectivity index (χ2v) is 7.43. The summed E-state index contributed by atoms with van der Waals surface area (Å²) in [6, 6.07) is 9.52. The van der Waals surface area contributed by atoms with E-state index in [1.165, 1.54) is 62.5 Å². The summed E-state index contributed by atoms with van der Waals surface area (Å²) >= 11 is 0. The normalized spacial score (nSPS) is 22.7. The summed E-state index contributed by atoms with van der Waals surface area (Å²) in [6.45, 7) is 3.22. The van der Waals surface area contributed by atoms with Crippen LogP contribution in [0.3, 0.4) is 0 Å². The number of hydrogen-bond donors (Lipinski definition) is 0. The Hall–Kier alpha value is -1.31. The number of carbonyl (C=O) groups is 1. The van der Waals surface area contributed by atoms with Gasteiger partial charge in [-0.2, -0.15) is 0 Å². The summed E-state index contributed by atoms with van der Waals surface area (Å²) in [5.41, 5.74) is 2.76. The van der Waals surface area contributed by atoms with Crippen LogP contribution in [0.15, 0.2) is 24.3 Å². The van der Waals surface area contributed by atoms with Gasteiger partial charge in [-0.1, -0.05) is 56.9 Å². The molecule has 1 unspecified atom stereocenters. The largest absolute Gasteiger partial charge is 0.339 e. The molecule has 0 aromatic heterocycles. The lowest BCUT2D eigenvalue weighted by molar-refractivity contribution is -0.133. The van der Waals surface area contributed by atoms with Crippen molar-refractivity contribution in [2.75, 3.05) is 6.54 Å². The van der Waals surface area contributed by atoms with Crippen molar-refractivity contribution in [2.45, 2.75) is 77.2 Å². The van der Waals surface area contributed by atoms with Crippen LogP contribution in [0.4, 0.5) is 0 Å². The highest BCUT2D eigenvalue weighted by Crippen LogP contribution is 2.30. The van der Waals surface area contributed by atoms with E-state index in [2.05, 4.69) is 36.1 Å². The lowest BCUT2D eigenvalue weighted by Gasteiger charge is -2.31. The van der Waals surface area contributed by atoms with Crippen molar-refractivity contribution in [1.29, 1.82) is 0 Å². The molecule has 1 aromatic carbocycles. The average Bonchev–Trinajstić information content (AvgIpc) is 2.96. The Morgan fingerprint density at radius 1 is 1.00 bits per heavy atom. The molecule has 3 rings (SSSR count). The minimum Gasteiger partial charge on any atom is -0.339 e. The van der Waals surface area contributed by atoms with E-state index >= 15 is 0 Å². The zero-order valence-corrected chi connectivity index (χ0v) is 14.6. The first-order valence-electron chi connectivity index (χ1n) is 9.66. The number of carbonyl (C=O) groups excluding carboxylic acids is 1. The lowest BCUT2D eigenvalue weighted by atomic mass is 9.94. The van der Waals surface area contributed by atoms with E-state index in [9.17, 15) is 4.79 Å². The zero-order valence-electron chi connectivity index (χ0n) is 14.6. The molecule has 1 amide bonds. The van der Waals surface area contributed by atoms with Gasteiger partial charge in [0.2, 0.25) is 5.91 Å². The van der Waals surface area contributed by atoms with Gasteiger partial charge in [0.05, 0.1) is 0 Å². The van der Waals surface area contributed by atoms with Crippen LogP contribution in [0.1, 0.15) is 69.4 Å². The monoisotopic (exact) mass is 313 g/mol. The van der Waals surface area contributed by atoms with E-state index in [1.54, 1.807) is 0 Å². The topological polar surface area (TPSA) is 20.3 Å². The molecule has 1 atom stereocenters. The van der Waals surface area contributed by atoms with Gasteiger partial charge in [0.25, 0.3) is 0 Å². The third-order valence-corrected chi connectivity index (χ3v) is 5.69. The molecule has 1 saturated heterocycles. The van der Waals surface area contributed by atoms with E-state index in [4.69, 9.17) is 0 Å². The minimum atomic E-state index is 0.221. The number of likely N-dealkylation sites (tertiary alicyclic amines) is 1. The molecule has 0 N–H and O–H groups in total. The van der Waals surface area contributed by atoms with Crippen molar-refractivity contribution in [3.63, 3.8) is 0 Å². The van der Waals surface area contributed by atoms with Crippen LogP contribution in [-0.4, -0.2) is 23.4 Å². The third kappa shape index (κ3) is 4.16. The van der Waals surface area contributed by atoms with E-state index in [0.717, 1.165) is 19.4 Å². The molecular weight excluding hydrogens is 282 g/mol. The predicted octanol–water partition coefficient (Wildman–Crippen LogP) is 4.75. The second-order valence-electron chi connectivity index (χ2n) is 7.43. The van der Waals surface area contributed by atoms with Gasteiger partial charge in [-0.05, 0) is 49.7 Å². The Morgan fingerprint density at radius 3 is 2.39 bits per heavy atom. The number of aryl methyl sites for hydroxylation is 1. The van der Waals surface area contributed by atoms with Crippen LogP contribution in [0.2, 0.25) is 0 Å². The Bertz CT molecular complexity index is 501. The maximum Gasteiger partial charge on any atom is 0.226 e. The molecule has 1 saturated carbocycles. The van der Waals surface area contributed by atoms with Gasteiger partial charge in [-0.3, -0.25) is 4.79 Å². The first-order valence-corrected chi connectivity index (χ1v) is 9.66. The number of benzene rings is 1. The maximum absolute atomic E-state index is 12.7. The van der Waals surface area contributed by atoms with Crippen LogP contribution < -0.4 is 0 Å². The molecule has 23 heavy (non-hydrogen) atoms. The van der Waals surface area contributed by atoms with Crippen LogP contribution in [-0.2, 0) is 17.6 Å². The summed E-state index contributed by atoms with van der Waals surface area (Å²) in [5, 5.41) is 0. The molecule has 1 heterocycles. The van der Waals surface area contributed by atoms with Crippen LogP contribution >= 0.6 is 0 Å². The van der Waals surface area contributed by atoms with E-state index < -0.39 is 0 Å². The maximum atomic E-state index is 12.7. The van der Waals surface area contributed by atoms with Crippen molar-refractivity contribution in [3.8, 4) is 0 Å². The Kier molecular flexibility index (Phi) is 5.75. The van der Waals surface area contributed by atoms with E-state index in [-0.39, 0.29) is 5.92 Å². The molecule has 2 fully saturated rings. The summed E-state index contributed by atoms with van der Waals surface area (Å²) in [5.74, 6) is 0.644. The molecule has 0 radical (unpaired) electrons. The third-order valence-electron chi connectivity index (χ3n) is 5.69. The van der Waals surface area contributed by atoms with Crippen LogP contribution in [0, 0.1) is 5.92 Å². The zero-order chi connectivity index (χ0) is 16.1. The average molecular weight is 313 g/mol. The van der Waals surface area contributed by atoms with Gasteiger partial charge in [-0.15, -0.1) is 0 Å². The van der Waals surface area contributed by atoms with Gasteiger partial charge in [0.1, 0.15) is 0 Å². The van der Waals surface area contributed by atoms with Gasteiger partial charge in [0, 0.05) is 18.5 Å². The first kappa shape index (κ1) is 16.5. The number of hydrogen-bond acceptors (Lipinski definition) is 1. The Labute approximate surface area is 141 Å². The summed E-state index contributed by atoms with van der Waals surface area (Å²) in [4.78, 5) is 15.0. The van der Waals surface area contributed by atoms with Gasteiger partial charge < -0.3 is 4.90 Å². The SMILES string of the molecule is CCCCc1ccc(CC2CCN(C3CCCCC3)C2=O)cc1. The van der Waals surface area contributed by atoms with E-state index in [1.807, 2.05) is 0 Å². The van der Waals surface area contributed by atoms with Gasteiger partial charge in [0.15, 0.2) is 0 Å². The van der Waals surface area contributed by atoms with Crippen molar-refractivity contribution >= 4 is 5.91 Å². The predicted molar refractivity (Wildman–Crippen MR) is 95.5 cm³/mol. The highest BCUT2D eigenvalue weighted by atomic mass is 16.2. The second kappa shape index (κ2) is 7.99. The summed E-state index contributed by atoms with van der Waals surface area (Å²) < 4.78 is 0. The van der Waals surface area contributed by atoms with E-state index in [0.29, 0.717) is 11.9 Å². The Balaban J connectivity index is 1.55. The van der Waals surface area contributed by atoms with Crippen molar-refractivity contribution in [3.05, 3.63) is 35.4 Å². The smallest absolute Gasteiger partial charge is 0.226 e. The number of amides is 1. The highest BCUT2D eigenvalue weighted by Gasteiger charge is 2.35. The fourth-order valence-electron chi connectivity index (χ4n) is 4.22. The standard InChI is InChI=1S/C21H31NO/c1-2-3-7-17-10-12-18(13-11-17)16-19-14-15-22(21(19)23)20-8-5-4-6-9-20/h10-13,19-20H,2-9,14-16H2,1H3. The van der Waals surface area contributed by atoms with Crippen LogP contribution in [0.5, 0.6) is 0 Å². The fourth-order valence-corrected chi connectivity index (χ4v) is 4.22. The molecule has 1 aliphatic heterocycles. The number of rotatable bonds is 6. The van der Waals surface area contributed by atoms with Crippen LogP contribution in [0.25, 0.3) is 0 Å². The molecule has 0 spiro atoms. The molecule has 126 valence electrons. The van der Waals surface area contributed by atoms with Crippen molar-refractivity contribution < 1.29 is 4.79 Å². The molecule has 2 heteroatoms. The number of nitrogens with zero attached hydrogens (tertiary/aromatic N) is 1. The van der Waals surface area contributed by atoms with Crippen molar-refractivity contribution in [1.82, 2.24) is 4.90 Å². The van der Waals surface area contributed by atoms with Crippen molar-refractivity contribution in [2.24, 2.45) is 5.92 Å². The molecule has 1 aliphatic carbocycles. The summed E-state index contributed by atoms with van der Waals surface area (Å²) in [6.07, 6.45) is 12.1. The van der Waals surface area contributed by atoms with Gasteiger partial charge >= 0.3 is 0 Å². The molecule has 0 bridgehead atoms. The summed E-state index contributed by atoms with van der Waals surface area (Å²) in [7, 11) is 0. The Morgan fingerprint density at radius 2 is 1.70 bits per heavy atom. The molecule has 2 nitrogen and oxygen atoms in total. The fraction of sp³-hybridized carbons (Fsp3) is 0.667. The minimum absolute atomic E-state index is 0.221. The molecular formula is C21H31NO.